The monoisotopic (exact) mass is 238 g/mol. The van der Waals surface area contributed by atoms with E-state index >= 15 is 0 Å². The molecular formula is C12H22N4O. The number of rotatable bonds is 5. The molecule has 1 rings (SSSR count). The van der Waals surface area contributed by atoms with Crippen LogP contribution in [-0.4, -0.2) is 29.2 Å². The molecule has 0 aliphatic heterocycles. The number of anilines is 1. The summed E-state index contributed by atoms with van der Waals surface area (Å²) in [5, 5.41) is 0. The number of nitrogens with zero attached hydrogens (tertiary/aromatic N) is 3. The van der Waals surface area contributed by atoms with Crippen molar-refractivity contribution < 1.29 is 0 Å². The summed E-state index contributed by atoms with van der Waals surface area (Å²) in [5.41, 5.74) is 5.67. The van der Waals surface area contributed by atoms with Gasteiger partial charge in [0.05, 0.1) is 0 Å². The fourth-order valence-electron chi connectivity index (χ4n) is 1.75. The normalized spacial score (nSPS) is 12.8. The van der Waals surface area contributed by atoms with E-state index in [2.05, 4.69) is 18.8 Å². The lowest BCUT2D eigenvalue weighted by Crippen LogP contribution is -2.38. The van der Waals surface area contributed by atoms with Crippen molar-refractivity contribution in [1.29, 1.82) is 0 Å². The molecule has 0 saturated heterocycles. The molecule has 2 N–H and O–H groups in total. The van der Waals surface area contributed by atoms with Gasteiger partial charge in [-0.2, -0.15) is 0 Å². The van der Waals surface area contributed by atoms with Crippen LogP contribution >= 0.6 is 0 Å². The SMILES string of the molecule is CC(C)Cn1ccnc(N(C)CC(C)N)c1=O. The van der Waals surface area contributed by atoms with Crippen LogP contribution in [0.2, 0.25) is 0 Å². The third kappa shape index (κ3) is 3.85. The maximum Gasteiger partial charge on any atom is 0.293 e. The number of aromatic nitrogens is 2. The summed E-state index contributed by atoms with van der Waals surface area (Å²) >= 11 is 0. The van der Waals surface area contributed by atoms with Gasteiger partial charge < -0.3 is 15.2 Å². The fourth-order valence-corrected chi connectivity index (χ4v) is 1.75. The second-order valence-electron chi connectivity index (χ2n) is 4.96. The molecule has 0 aromatic carbocycles. The standard InChI is InChI=1S/C12H22N4O/c1-9(2)7-16-6-5-14-11(12(16)17)15(4)8-10(3)13/h5-6,9-10H,7-8,13H2,1-4H3. The van der Waals surface area contributed by atoms with Gasteiger partial charge in [0.15, 0.2) is 5.82 Å². The Kier molecular flexibility index (Phi) is 4.69. The molecule has 0 amide bonds. The zero-order chi connectivity index (χ0) is 13.0. The van der Waals surface area contributed by atoms with E-state index in [0.717, 1.165) is 0 Å². The lowest BCUT2D eigenvalue weighted by atomic mass is 10.2. The van der Waals surface area contributed by atoms with E-state index < -0.39 is 0 Å². The highest BCUT2D eigenvalue weighted by molar-refractivity contribution is 5.34. The Labute approximate surface area is 102 Å². The fraction of sp³-hybridized carbons (Fsp3) is 0.667. The average Bonchev–Trinajstić information content (AvgIpc) is 2.19. The molecule has 0 aliphatic rings. The number of nitrogens with two attached hydrogens (primary N) is 1. The molecule has 0 bridgehead atoms. The smallest absolute Gasteiger partial charge is 0.293 e. The van der Waals surface area contributed by atoms with Crippen LogP contribution in [0.25, 0.3) is 0 Å². The van der Waals surface area contributed by atoms with Gasteiger partial charge in [-0.1, -0.05) is 13.8 Å². The minimum absolute atomic E-state index is 0.0138. The Morgan fingerprint density at radius 2 is 2.12 bits per heavy atom. The number of hydrogen-bond acceptors (Lipinski definition) is 4. The molecule has 0 aliphatic carbocycles. The van der Waals surface area contributed by atoms with Crippen LogP contribution < -0.4 is 16.2 Å². The van der Waals surface area contributed by atoms with E-state index in [1.807, 2.05) is 18.9 Å². The van der Waals surface area contributed by atoms with Crippen molar-refractivity contribution in [2.75, 3.05) is 18.5 Å². The highest BCUT2D eigenvalue weighted by Gasteiger charge is 2.11. The van der Waals surface area contributed by atoms with E-state index in [4.69, 9.17) is 5.73 Å². The Morgan fingerprint density at radius 3 is 2.65 bits per heavy atom. The molecule has 96 valence electrons. The minimum Gasteiger partial charge on any atom is -0.354 e. The lowest BCUT2D eigenvalue weighted by Gasteiger charge is -2.20. The van der Waals surface area contributed by atoms with Crippen molar-refractivity contribution in [3.63, 3.8) is 0 Å². The molecule has 0 saturated carbocycles. The molecule has 17 heavy (non-hydrogen) atoms. The van der Waals surface area contributed by atoms with Gasteiger partial charge in [-0.05, 0) is 12.8 Å². The summed E-state index contributed by atoms with van der Waals surface area (Å²) in [7, 11) is 1.84. The van der Waals surface area contributed by atoms with Crippen LogP contribution in [0.5, 0.6) is 0 Å². The maximum atomic E-state index is 12.1. The first-order valence-corrected chi connectivity index (χ1v) is 5.94. The Bertz CT molecular complexity index is 411. The molecule has 1 heterocycles. The maximum absolute atomic E-state index is 12.1. The van der Waals surface area contributed by atoms with Crippen LogP contribution in [-0.2, 0) is 6.54 Å². The molecule has 5 heteroatoms. The summed E-state index contributed by atoms with van der Waals surface area (Å²) in [4.78, 5) is 18.1. The predicted molar refractivity (Wildman–Crippen MR) is 70.3 cm³/mol. The van der Waals surface area contributed by atoms with Gasteiger partial charge >= 0.3 is 0 Å². The molecular weight excluding hydrogens is 216 g/mol. The highest BCUT2D eigenvalue weighted by atomic mass is 16.1. The van der Waals surface area contributed by atoms with Crippen molar-refractivity contribution in [3.05, 3.63) is 22.7 Å². The second kappa shape index (κ2) is 5.82. The van der Waals surface area contributed by atoms with E-state index in [1.165, 1.54) is 0 Å². The summed E-state index contributed by atoms with van der Waals surface area (Å²) in [5.74, 6) is 0.895. The van der Waals surface area contributed by atoms with Gasteiger partial charge in [0.2, 0.25) is 0 Å². The lowest BCUT2D eigenvalue weighted by molar-refractivity contribution is 0.508. The van der Waals surface area contributed by atoms with E-state index in [1.54, 1.807) is 17.0 Å². The van der Waals surface area contributed by atoms with Gasteiger partial charge in [-0.15, -0.1) is 0 Å². The largest absolute Gasteiger partial charge is 0.354 e. The third-order valence-corrected chi connectivity index (χ3v) is 2.38. The third-order valence-electron chi connectivity index (χ3n) is 2.38. The van der Waals surface area contributed by atoms with Crippen LogP contribution in [0.3, 0.4) is 0 Å². The molecule has 0 radical (unpaired) electrons. The molecule has 1 aromatic rings. The molecule has 0 fully saturated rings. The molecule has 1 atom stereocenters. The van der Waals surface area contributed by atoms with Gasteiger partial charge in [-0.25, -0.2) is 4.98 Å². The first-order chi connectivity index (χ1) is 7.91. The quantitative estimate of drug-likeness (QED) is 0.819. The summed E-state index contributed by atoms with van der Waals surface area (Å²) in [6.45, 7) is 7.40. The molecule has 1 unspecified atom stereocenters. The van der Waals surface area contributed by atoms with Crippen LogP contribution in [0.1, 0.15) is 20.8 Å². The van der Waals surface area contributed by atoms with Crippen molar-refractivity contribution in [3.8, 4) is 0 Å². The second-order valence-corrected chi connectivity index (χ2v) is 4.96. The highest BCUT2D eigenvalue weighted by Crippen LogP contribution is 2.03. The van der Waals surface area contributed by atoms with E-state index in [9.17, 15) is 4.79 Å². The van der Waals surface area contributed by atoms with Crippen LogP contribution in [0.15, 0.2) is 17.2 Å². The van der Waals surface area contributed by atoms with Gasteiger partial charge in [-0.3, -0.25) is 4.79 Å². The van der Waals surface area contributed by atoms with Crippen LogP contribution in [0.4, 0.5) is 5.82 Å². The average molecular weight is 238 g/mol. The Hall–Kier alpha value is -1.36. The molecule has 5 nitrogen and oxygen atoms in total. The summed E-state index contributed by atoms with van der Waals surface area (Å²) in [6.07, 6.45) is 3.39. The zero-order valence-corrected chi connectivity index (χ0v) is 11.1. The number of likely N-dealkylation sites (N-methyl/N-ethyl adjacent to an activating group) is 1. The van der Waals surface area contributed by atoms with Gasteiger partial charge in [0.1, 0.15) is 0 Å². The predicted octanol–water partition coefficient (Wildman–Crippen LogP) is 0.683. The van der Waals surface area contributed by atoms with Crippen molar-refractivity contribution in [2.24, 2.45) is 11.7 Å². The van der Waals surface area contributed by atoms with Crippen molar-refractivity contribution in [2.45, 2.75) is 33.4 Å². The Balaban J connectivity index is 2.97. The summed E-state index contributed by atoms with van der Waals surface area (Å²) < 4.78 is 1.70. The van der Waals surface area contributed by atoms with Crippen molar-refractivity contribution in [1.82, 2.24) is 9.55 Å². The topological polar surface area (TPSA) is 64.2 Å². The first kappa shape index (κ1) is 13.7. The van der Waals surface area contributed by atoms with E-state index in [0.29, 0.717) is 24.8 Å². The Morgan fingerprint density at radius 1 is 1.47 bits per heavy atom. The zero-order valence-electron chi connectivity index (χ0n) is 11.1. The van der Waals surface area contributed by atoms with E-state index in [-0.39, 0.29) is 11.6 Å². The minimum atomic E-state index is -0.0515. The van der Waals surface area contributed by atoms with Gasteiger partial charge in [0.25, 0.3) is 5.56 Å². The first-order valence-electron chi connectivity index (χ1n) is 5.94. The van der Waals surface area contributed by atoms with Crippen molar-refractivity contribution >= 4 is 5.82 Å². The van der Waals surface area contributed by atoms with Crippen LogP contribution in [0, 0.1) is 5.92 Å². The van der Waals surface area contributed by atoms with Gasteiger partial charge in [0, 0.05) is 38.6 Å². The number of hydrogen-bond donors (Lipinski definition) is 1. The summed E-state index contributed by atoms with van der Waals surface area (Å²) in [6, 6.07) is 0.0138. The molecule has 1 aromatic heterocycles. The molecule has 0 spiro atoms.